The first-order valence-corrected chi connectivity index (χ1v) is 7.89. The molecule has 25 heavy (non-hydrogen) atoms. The third-order valence-corrected chi connectivity index (χ3v) is 4.70. The van der Waals surface area contributed by atoms with Crippen molar-refractivity contribution in [2.75, 3.05) is 0 Å². The second-order valence-electron chi connectivity index (χ2n) is 5.52. The average Bonchev–Trinajstić information content (AvgIpc) is 2.59. The highest BCUT2D eigenvalue weighted by molar-refractivity contribution is 9.10. The van der Waals surface area contributed by atoms with E-state index in [-0.39, 0.29) is 27.4 Å². The molecular weight excluding hydrogens is 395 g/mol. The molecule has 0 fully saturated rings. The minimum absolute atomic E-state index is 0.0155. The molecule has 2 N–H and O–H groups in total. The highest BCUT2D eigenvalue weighted by Gasteiger charge is 2.36. The molecule has 0 saturated heterocycles. The van der Waals surface area contributed by atoms with Crippen LogP contribution in [0, 0.1) is 17.1 Å². The molecule has 0 unspecified atom stereocenters. The molecule has 0 saturated carbocycles. The van der Waals surface area contributed by atoms with Crippen molar-refractivity contribution in [1.29, 1.82) is 5.26 Å². The summed E-state index contributed by atoms with van der Waals surface area (Å²) in [7, 11) is 2.76. The van der Waals surface area contributed by atoms with Crippen LogP contribution in [0.1, 0.15) is 17.0 Å². The summed E-state index contributed by atoms with van der Waals surface area (Å²) in [4.78, 5) is 24.8. The van der Waals surface area contributed by atoms with Gasteiger partial charge >= 0.3 is 5.69 Å². The summed E-state index contributed by atoms with van der Waals surface area (Å²) < 4.78 is 21.2. The predicted octanol–water partition coefficient (Wildman–Crippen LogP) is 1.20. The Morgan fingerprint density at radius 3 is 2.60 bits per heavy atom. The SMILES string of the molecule is Cn1c2c(c(=O)n(C)c1=O)[C@H](c1ccc(F)c(Br)c1)C(C#N)=C(N)O2. The summed E-state index contributed by atoms with van der Waals surface area (Å²) in [6.45, 7) is 0. The lowest BCUT2D eigenvalue weighted by molar-refractivity contribution is 0.348. The minimum atomic E-state index is -0.879. The van der Waals surface area contributed by atoms with Gasteiger partial charge in [-0.2, -0.15) is 5.26 Å². The molecule has 1 aromatic heterocycles. The Hall–Kier alpha value is -2.86. The summed E-state index contributed by atoms with van der Waals surface area (Å²) >= 11 is 3.09. The summed E-state index contributed by atoms with van der Waals surface area (Å²) in [5.41, 5.74) is 5.21. The quantitative estimate of drug-likeness (QED) is 0.766. The van der Waals surface area contributed by atoms with Gasteiger partial charge in [-0.25, -0.2) is 9.18 Å². The molecule has 1 atom stereocenters. The molecular formula is C16H12BrFN4O3. The van der Waals surface area contributed by atoms with Crippen LogP contribution in [0.25, 0.3) is 0 Å². The molecule has 2 aromatic rings. The molecule has 0 aliphatic carbocycles. The largest absolute Gasteiger partial charge is 0.423 e. The maximum Gasteiger partial charge on any atom is 0.333 e. The van der Waals surface area contributed by atoms with E-state index in [4.69, 9.17) is 10.5 Å². The first-order valence-electron chi connectivity index (χ1n) is 7.10. The maximum atomic E-state index is 13.6. The average molecular weight is 407 g/mol. The van der Waals surface area contributed by atoms with Gasteiger partial charge in [-0.05, 0) is 33.6 Å². The second kappa shape index (κ2) is 5.89. The Labute approximate surface area is 149 Å². The molecule has 3 rings (SSSR count). The monoisotopic (exact) mass is 406 g/mol. The summed E-state index contributed by atoms with van der Waals surface area (Å²) in [5.74, 6) is -1.60. The van der Waals surface area contributed by atoms with Gasteiger partial charge < -0.3 is 10.5 Å². The molecule has 0 radical (unpaired) electrons. The van der Waals surface area contributed by atoms with Crippen molar-refractivity contribution in [3.05, 3.63) is 71.9 Å². The van der Waals surface area contributed by atoms with E-state index in [0.29, 0.717) is 5.56 Å². The fraction of sp³-hybridized carbons (Fsp3) is 0.188. The number of halogens is 2. The van der Waals surface area contributed by atoms with Crippen LogP contribution in [0.3, 0.4) is 0 Å². The number of hydrogen-bond donors (Lipinski definition) is 1. The third kappa shape index (κ3) is 2.46. The van der Waals surface area contributed by atoms with Crippen LogP contribution in [-0.4, -0.2) is 9.13 Å². The minimum Gasteiger partial charge on any atom is -0.423 e. The van der Waals surface area contributed by atoms with Gasteiger partial charge in [0.2, 0.25) is 11.8 Å². The molecule has 0 spiro atoms. The number of aromatic nitrogens is 2. The van der Waals surface area contributed by atoms with Gasteiger partial charge in [0.15, 0.2) is 0 Å². The van der Waals surface area contributed by atoms with E-state index in [1.54, 1.807) is 0 Å². The lowest BCUT2D eigenvalue weighted by atomic mass is 9.85. The number of nitriles is 1. The number of rotatable bonds is 1. The van der Waals surface area contributed by atoms with Crippen LogP contribution in [0.15, 0.2) is 43.7 Å². The molecule has 2 heterocycles. The van der Waals surface area contributed by atoms with Gasteiger partial charge in [-0.3, -0.25) is 13.9 Å². The van der Waals surface area contributed by atoms with Gasteiger partial charge in [0.1, 0.15) is 17.5 Å². The van der Waals surface area contributed by atoms with E-state index in [1.165, 1.54) is 32.3 Å². The number of benzene rings is 1. The van der Waals surface area contributed by atoms with Gasteiger partial charge in [0, 0.05) is 14.1 Å². The van der Waals surface area contributed by atoms with E-state index < -0.39 is 23.0 Å². The molecule has 9 heteroatoms. The Morgan fingerprint density at radius 1 is 1.32 bits per heavy atom. The molecule has 0 bridgehead atoms. The zero-order chi connectivity index (χ0) is 18.5. The van der Waals surface area contributed by atoms with E-state index in [1.807, 2.05) is 6.07 Å². The van der Waals surface area contributed by atoms with Crippen molar-refractivity contribution in [3.63, 3.8) is 0 Å². The number of nitrogens with zero attached hydrogens (tertiary/aromatic N) is 3. The summed E-state index contributed by atoms with van der Waals surface area (Å²) in [5, 5.41) is 9.50. The van der Waals surface area contributed by atoms with Gasteiger partial charge in [-0.1, -0.05) is 6.07 Å². The van der Waals surface area contributed by atoms with Crippen molar-refractivity contribution >= 4 is 15.9 Å². The lowest BCUT2D eigenvalue weighted by Gasteiger charge is -2.27. The topological polar surface area (TPSA) is 103 Å². The Morgan fingerprint density at radius 2 is 2.00 bits per heavy atom. The third-order valence-electron chi connectivity index (χ3n) is 4.09. The number of fused-ring (bicyclic) bond motifs is 1. The van der Waals surface area contributed by atoms with Crippen molar-refractivity contribution in [3.8, 4) is 11.9 Å². The Kier molecular flexibility index (Phi) is 4.00. The zero-order valence-corrected chi connectivity index (χ0v) is 14.8. The first kappa shape index (κ1) is 17.0. The number of nitrogens with two attached hydrogens (primary N) is 1. The molecule has 0 amide bonds. The summed E-state index contributed by atoms with van der Waals surface area (Å²) in [6, 6.07) is 6.07. The van der Waals surface area contributed by atoms with E-state index in [9.17, 15) is 19.2 Å². The van der Waals surface area contributed by atoms with Crippen molar-refractivity contribution in [2.45, 2.75) is 5.92 Å². The normalized spacial score (nSPS) is 16.2. The van der Waals surface area contributed by atoms with Crippen molar-refractivity contribution < 1.29 is 9.13 Å². The van der Waals surface area contributed by atoms with Crippen LogP contribution in [0.5, 0.6) is 5.88 Å². The first-order chi connectivity index (χ1) is 11.8. The maximum absolute atomic E-state index is 13.6. The van der Waals surface area contributed by atoms with Crippen LogP contribution >= 0.6 is 15.9 Å². The number of ether oxygens (including phenoxy) is 1. The Balaban J connectivity index is 2.42. The molecule has 1 aliphatic rings. The molecule has 7 nitrogen and oxygen atoms in total. The van der Waals surface area contributed by atoms with E-state index in [2.05, 4.69) is 15.9 Å². The number of allylic oxidation sites excluding steroid dienone is 1. The molecule has 1 aliphatic heterocycles. The van der Waals surface area contributed by atoms with E-state index in [0.717, 1.165) is 9.13 Å². The predicted molar refractivity (Wildman–Crippen MR) is 90.3 cm³/mol. The highest BCUT2D eigenvalue weighted by Crippen LogP contribution is 2.40. The van der Waals surface area contributed by atoms with Crippen molar-refractivity contribution in [1.82, 2.24) is 9.13 Å². The van der Waals surface area contributed by atoms with Crippen LogP contribution in [-0.2, 0) is 14.1 Å². The second-order valence-corrected chi connectivity index (χ2v) is 6.38. The summed E-state index contributed by atoms with van der Waals surface area (Å²) in [6.07, 6.45) is 0. The standard InChI is InChI=1S/C16H12BrFN4O3/c1-21-14(23)12-11(7-3-4-10(18)9(17)5-7)8(6-19)13(20)25-15(12)22(2)16(21)24/h3-5,11H,20H2,1-2H3/t11-/m1/s1. The number of hydrogen-bond acceptors (Lipinski definition) is 5. The molecule has 1 aromatic carbocycles. The fourth-order valence-corrected chi connectivity index (χ4v) is 3.21. The van der Waals surface area contributed by atoms with Crippen LogP contribution in [0.2, 0.25) is 0 Å². The van der Waals surface area contributed by atoms with Crippen LogP contribution < -0.4 is 21.7 Å². The zero-order valence-electron chi connectivity index (χ0n) is 13.2. The fourth-order valence-electron chi connectivity index (χ4n) is 2.81. The van der Waals surface area contributed by atoms with Gasteiger partial charge in [-0.15, -0.1) is 0 Å². The van der Waals surface area contributed by atoms with Gasteiger partial charge in [0.05, 0.1) is 16.0 Å². The highest BCUT2D eigenvalue weighted by atomic mass is 79.9. The van der Waals surface area contributed by atoms with Crippen LogP contribution in [0.4, 0.5) is 4.39 Å². The molecule has 128 valence electrons. The lowest BCUT2D eigenvalue weighted by Crippen LogP contribution is -2.42. The van der Waals surface area contributed by atoms with E-state index >= 15 is 0 Å². The smallest absolute Gasteiger partial charge is 0.333 e. The van der Waals surface area contributed by atoms with Gasteiger partial charge in [0.25, 0.3) is 5.56 Å². The van der Waals surface area contributed by atoms with Crippen molar-refractivity contribution in [2.24, 2.45) is 19.8 Å². The Bertz CT molecular complexity index is 1090.